The smallest absolute Gasteiger partial charge is 0.243 e. The SMILES string of the molecule is CCSc1ncc(-c2ccc(S(=O)(=O)N(Cc3ccccc3)Cc3ccccc3)cc2)n1-c1ccccc1. The zero-order valence-corrected chi connectivity index (χ0v) is 22.8. The van der Waals surface area contributed by atoms with Crippen LogP contribution in [-0.4, -0.2) is 28.0 Å². The number of benzene rings is 4. The summed E-state index contributed by atoms with van der Waals surface area (Å²) in [6.45, 7) is 2.68. The summed E-state index contributed by atoms with van der Waals surface area (Å²) in [5.41, 5.74) is 4.72. The third-order valence-electron chi connectivity index (χ3n) is 6.21. The van der Waals surface area contributed by atoms with Crippen LogP contribution in [0.15, 0.2) is 132 Å². The highest BCUT2D eigenvalue weighted by Crippen LogP contribution is 2.31. The number of thioether (sulfide) groups is 1. The molecule has 0 aliphatic rings. The maximum Gasteiger partial charge on any atom is 0.243 e. The average molecular weight is 540 g/mol. The molecule has 0 unspecified atom stereocenters. The van der Waals surface area contributed by atoms with Crippen molar-refractivity contribution in [2.24, 2.45) is 0 Å². The van der Waals surface area contributed by atoms with Crippen molar-refractivity contribution in [2.45, 2.75) is 30.1 Å². The van der Waals surface area contributed by atoms with Gasteiger partial charge in [-0.25, -0.2) is 13.4 Å². The van der Waals surface area contributed by atoms with E-state index in [2.05, 4.69) is 28.6 Å². The van der Waals surface area contributed by atoms with Gasteiger partial charge in [-0.2, -0.15) is 4.31 Å². The zero-order chi connectivity index (χ0) is 26.4. The molecule has 5 rings (SSSR count). The van der Waals surface area contributed by atoms with E-state index < -0.39 is 10.0 Å². The molecule has 0 spiro atoms. The minimum absolute atomic E-state index is 0.266. The van der Waals surface area contributed by atoms with E-state index in [0.29, 0.717) is 0 Å². The largest absolute Gasteiger partial charge is 0.287 e. The van der Waals surface area contributed by atoms with E-state index >= 15 is 0 Å². The van der Waals surface area contributed by atoms with Crippen LogP contribution in [0.25, 0.3) is 16.9 Å². The number of imidazole rings is 1. The van der Waals surface area contributed by atoms with Gasteiger partial charge < -0.3 is 0 Å². The van der Waals surface area contributed by atoms with Gasteiger partial charge in [0.25, 0.3) is 0 Å². The predicted octanol–water partition coefficient (Wildman–Crippen LogP) is 7.04. The number of sulfonamides is 1. The summed E-state index contributed by atoms with van der Waals surface area (Å²) in [6, 6.07) is 36.6. The molecular formula is C31H29N3O2S2. The van der Waals surface area contributed by atoms with Gasteiger partial charge in [0.2, 0.25) is 10.0 Å². The Morgan fingerprint density at radius 2 is 1.26 bits per heavy atom. The van der Waals surface area contributed by atoms with Gasteiger partial charge >= 0.3 is 0 Å². The van der Waals surface area contributed by atoms with Crippen LogP contribution in [0.3, 0.4) is 0 Å². The van der Waals surface area contributed by atoms with E-state index in [1.165, 1.54) is 4.31 Å². The fourth-order valence-electron chi connectivity index (χ4n) is 4.34. The average Bonchev–Trinajstić information content (AvgIpc) is 3.38. The van der Waals surface area contributed by atoms with Crippen LogP contribution in [0.4, 0.5) is 0 Å². The van der Waals surface area contributed by atoms with Crippen LogP contribution >= 0.6 is 11.8 Å². The van der Waals surface area contributed by atoms with Crippen molar-refractivity contribution in [3.8, 4) is 16.9 Å². The lowest BCUT2D eigenvalue weighted by Crippen LogP contribution is -2.30. The summed E-state index contributed by atoms with van der Waals surface area (Å²) in [5.74, 6) is 0.902. The van der Waals surface area contributed by atoms with Gasteiger partial charge in [0, 0.05) is 24.3 Å². The van der Waals surface area contributed by atoms with Crippen molar-refractivity contribution in [2.75, 3.05) is 5.75 Å². The summed E-state index contributed by atoms with van der Waals surface area (Å²) in [6.07, 6.45) is 1.85. The molecule has 0 fully saturated rings. The Labute approximate surface area is 228 Å². The Balaban J connectivity index is 1.49. The Morgan fingerprint density at radius 1 is 0.737 bits per heavy atom. The maximum absolute atomic E-state index is 13.9. The standard InChI is InChI=1S/C31H29N3O2S2/c1-2-37-31-32-22-30(34(31)28-16-10-5-11-17-28)27-18-20-29(21-19-27)38(35,36)33(23-25-12-6-3-7-13-25)24-26-14-8-4-9-15-26/h3-22H,2,23-24H2,1H3. The monoisotopic (exact) mass is 539 g/mol. The highest BCUT2D eigenvalue weighted by molar-refractivity contribution is 7.99. The zero-order valence-electron chi connectivity index (χ0n) is 21.1. The minimum atomic E-state index is -3.76. The van der Waals surface area contributed by atoms with E-state index in [0.717, 1.165) is 39.0 Å². The molecule has 192 valence electrons. The number of para-hydroxylation sites is 1. The number of aromatic nitrogens is 2. The number of rotatable bonds is 10. The molecular weight excluding hydrogens is 510 g/mol. The molecule has 5 aromatic rings. The quantitative estimate of drug-likeness (QED) is 0.179. The topological polar surface area (TPSA) is 55.2 Å². The highest BCUT2D eigenvalue weighted by atomic mass is 32.2. The Hall–Kier alpha value is -3.65. The maximum atomic E-state index is 13.9. The van der Waals surface area contributed by atoms with Gasteiger partial charge in [-0.15, -0.1) is 0 Å². The first-order valence-corrected chi connectivity index (χ1v) is 14.9. The fraction of sp³-hybridized carbons (Fsp3) is 0.129. The fourth-order valence-corrected chi connectivity index (χ4v) is 6.48. The van der Waals surface area contributed by atoms with Crippen LogP contribution in [0.2, 0.25) is 0 Å². The van der Waals surface area contributed by atoms with Crippen molar-refractivity contribution in [3.05, 3.63) is 133 Å². The van der Waals surface area contributed by atoms with Crippen molar-refractivity contribution >= 4 is 21.8 Å². The number of hydrogen-bond donors (Lipinski definition) is 0. The Morgan fingerprint density at radius 3 is 1.79 bits per heavy atom. The van der Waals surface area contributed by atoms with Crippen LogP contribution in [0, 0.1) is 0 Å². The van der Waals surface area contributed by atoms with Gasteiger partial charge in [0.1, 0.15) is 0 Å². The summed E-state index contributed by atoms with van der Waals surface area (Å²) in [7, 11) is -3.76. The summed E-state index contributed by atoms with van der Waals surface area (Å²) in [5, 5.41) is 0.905. The van der Waals surface area contributed by atoms with Crippen LogP contribution in [-0.2, 0) is 23.1 Å². The molecule has 0 saturated heterocycles. The molecule has 0 saturated carbocycles. The molecule has 1 aromatic heterocycles. The lowest BCUT2D eigenvalue weighted by atomic mass is 10.1. The minimum Gasteiger partial charge on any atom is -0.287 e. The van der Waals surface area contributed by atoms with Crippen LogP contribution in [0.1, 0.15) is 18.1 Å². The van der Waals surface area contributed by atoms with Gasteiger partial charge in [-0.3, -0.25) is 4.57 Å². The highest BCUT2D eigenvalue weighted by Gasteiger charge is 2.25. The summed E-state index contributed by atoms with van der Waals surface area (Å²) < 4.78 is 31.4. The molecule has 7 heteroatoms. The molecule has 0 atom stereocenters. The second-order valence-corrected chi connectivity index (χ2v) is 12.0. The van der Waals surface area contributed by atoms with E-state index in [4.69, 9.17) is 0 Å². The third-order valence-corrected chi connectivity index (χ3v) is 8.85. The molecule has 0 amide bonds. The number of nitrogens with zero attached hydrogens (tertiary/aromatic N) is 3. The van der Waals surface area contributed by atoms with Gasteiger partial charge in [-0.1, -0.05) is 110 Å². The summed E-state index contributed by atoms with van der Waals surface area (Å²) >= 11 is 1.67. The van der Waals surface area contributed by atoms with E-state index in [-0.39, 0.29) is 18.0 Å². The first kappa shape index (κ1) is 26.0. The Bertz CT molecular complexity index is 1530. The summed E-state index contributed by atoms with van der Waals surface area (Å²) in [4.78, 5) is 4.92. The van der Waals surface area contributed by atoms with E-state index in [1.54, 1.807) is 23.9 Å². The van der Waals surface area contributed by atoms with Crippen molar-refractivity contribution in [3.63, 3.8) is 0 Å². The number of hydrogen-bond acceptors (Lipinski definition) is 4. The lowest BCUT2D eigenvalue weighted by molar-refractivity contribution is 0.401. The Kier molecular flexibility index (Phi) is 8.08. The first-order valence-electron chi connectivity index (χ1n) is 12.5. The second-order valence-electron chi connectivity index (χ2n) is 8.80. The van der Waals surface area contributed by atoms with Gasteiger partial charge in [0.05, 0.1) is 16.8 Å². The molecule has 0 N–H and O–H groups in total. The molecule has 0 radical (unpaired) electrons. The van der Waals surface area contributed by atoms with Gasteiger partial charge in [-0.05, 0) is 41.1 Å². The van der Waals surface area contributed by atoms with E-state index in [1.807, 2.05) is 97.2 Å². The van der Waals surface area contributed by atoms with Crippen LogP contribution < -0.4 is 0 Å². The molecule has 0 aliphatic carbocycles. The van der Waals surface area contributed by atoms with E-state index in [9.17, 15) is 8.42 Å². The predicted molar refractivity (Wildman–Crippen MR) is 155 cm³/mol. The lowest BCUT2D eigenvalue weighted by Gasteiger charge is -2.23. The van der Waals surface area contributed by atoms with Crippen molar-refractivity contribution in [1.82, 2.24) is 13.9 Å². The van der Waals surface area contributed by atoms with Crippen LogP contribution in [0.5, 0.6) is 0 Å². The molecule has 4 aromatic carbocycles. The van der Waals surface area contributed by atoms with Gasteiger partial charge in [0.15, 0.2) is 5.16 Å². The third kappa shape index (κ3) is 5.75. The molecule has 38 heavy (non-hydrogen) atoms. The molecule has 0 bridgehead atoms. The van der Waals surface area contributed by atoms with Crippen molar-refractivity contribution in [1.29, 1.82) is 0 Å². The molecule has 1 heterocycles. The first-order chi connectivity index (χ1) is 18.6. The molecule has 5 nitrogen and oxygen atoms in total. The normalized spacial score (nSPS) is 11.6. The molecule has 0 aliphatic heterocycles. The second kappa shape index (κ2) is 11.8. The van der Waals surface area contributed by atoms with Crippen molar-refractivity contribution < 1.29 is 8.42 Å².